The van der Waals surface area contributed by atoms with Crippen LogP contribution >= 0.6 is 11.6 Å². The first-order valence-corrected chi connectivity index (χ1v) is 10.7. The van der Waals surface area contributed by atoms with E-state index < -0.39 is 20.8 Å². The summed E-state index contributed by atoms with van der Waals surface area (Å²) in [6.45, 7) is 1.40. The third-order valence-corrected chi connectivity index (χ3v) is 6.61. The quantitative estimate of drug-likeness (QED) is 0.737. The third-order valence-electron chi connectivity index (χ3n) is 4.68. The Morgan fingerprint density at radius 2 is 1.83 bits per heavy atom. The Labute approximate surface area is 172 Å². The van der Waals surface area contributed by atoms with Gasteiger partial charge in [0.15, 0.2) is 0 Å². The fourth-order valence-corrected chi connectivity index (χ4v) is 4.81. The summed E-state index contributed by atoms with van der Waals surface area (Å²) in [7, 11) is -4.12. The van der Waals surface area contributed by atoms with E-state index in [1.165, 1.54) is 40.2 Å². The lowest BCUT2D eigenvalue weighted by molar-refractivity contribution is -0.127. The zero-order valence-corrected chi connectivity index (χ0v) is 16.8. The van der Waals surface area contributed by atoms with Crippen molar-refractivity contribution < 1.29 is 22.3 Å². The Kier molecular flexibility index (Phi) is 5.28. The van der Waals surface area contributed by atoms with Gasteiger partial charge in [0.1, 0.15) is 5.82 Å². The van der Waals surface area contributed by atoms with E-state index in [1.54, 1.807) is 12.1 Å². The van der Waals surface area contributed by atoms with Gasteiger partial charge in [0, 0.05) is 18.1 Å². The number of hydrogen-bond donors (Lipinski definition) is 0. The molecule has 2 heterocycles. The van der Waals surface area contributed by atoms with Crippen LogP contribution in [0.3, 0.4) is 0 Å². The minimum Gasteiger partial charge on any atom is -0.378 e. The molecule has 0 bridgehead atoms. The molecule has 1 saturated heterocycles. The number of carbonyl (C=O) groups excluding carboxylic acids is 1. The van der Waals surface area contributed by atoms with E-state index in [4.69, 9.17) is 16.3 Å². The number of amides is 1. The third kappa shape index (κ3) is 3.85. The molecule has 2 aromatic carbocycles. The zero-order valence-electron chi connectivity index (χ0n) is 15.2. The predicted molar refractivity (Wildman–Crippen MR) is 106 cm³/mol. The van der Waals surface area contributed by atoms with E-state index in [-0.39, 0.29) is 22.9 Å². The Morgan fingerprint density at radius 1 is 1.14 bits per heavy atom. The molecule has 2 aliphatic rings. The van der Waals surface area contributed by atoms with E-state index >= 15 is 0 Å². The summed E-state index contributed by atoms with van der Waals surface area (Å²) in [6, 6.07) is 10.1. The van der Waals surface area contributed by atoms with E-state index in [0.717, 1.165) is 0 Å². The number of sulfone groups is 1. The molecule has 0 aliphatic carbocycles. The Balaban J connectivity index is 1.77. The molecule has 152 valence electrons. The summed E-state index contributed by atoms with van der Waals surface area (Å²) in [5.41, 5.74) is 0.957. The van der Waals surface area contributed by atoms with Crippen molar-refractivity contribution in [1.82, 2.24) is 4.90 Å². The summed E-state index contributed by atoms with van der Waals surface area (Å²) in [4.78, 5) is 14.3. The van der Waals surface area contributed by atoms with Crippen LogP contribution in [0.1, 0.15) is 5.56 Å². The van der Waals surface area contributed by atoms with Crippen LogP contribution in [-0.4, -0.2) is 50.6 Å². The average molecular weight is 438 g/mol. The summed E-state index contributed by atoms with van der Waals surface area (Å²) in [5, 5.41) is 5.38. The number of rotatable bonds is 3. The van der Waals surface area contributed by atoms with Crippen LogP contribution in [0.5, 0.6) is 0 Å². The lowest BCUT2D eigenvalue weighted by Gasteiger charge is -2.31. The van der Waals surface area contributed by atoms with Crippen LogP contribution in [-0.2, 0) is 25.9 Å². The number of hydrazone groups is 1. The number of nitrogens with zero attached hydrogens (tertiary/aromatic N) is 3. The number of halogens is 2. The molecule has 0 saturated carbocycles. The van der Waals surface area contributed by atoms with Crippen molar-refractivity contribution in [2.24, 2.45) is 5.10 Å². The first-order chi connectivity index (χ1) is 13.9. The number of benzene rings is 2. The number of ether oxygens (including phenoxy) is 1. The van der Waals surface area contributed by atoms with Crippen molar-refractivity contribution in [3.63, 3.8) is 0 Å². The van der Waals surface area contributed by atoms with Gasteiger partial charge in [-0.1, -0.05) is 23.7 Å². The Hall–Kier alpha value is -2.49. The molecule has 0 atom stereocenters. The monoisotopic (exact) mass is 437 g/mol. The standard InChI is InChI=1S/C19H17ClFN3O4S/c20-14-3-6-17-16(11-14)24(12-13-1-4-15(21)5-2-13)22-18(29(17,26)27)19(25)23-7-9-28-10-8-23/h1-6,11H,7-10,12H2. The second-order valence-corrected chi connectivity index (χ2v) is 8.88. The van der Waals surface area contributed by atoms with Gasteiger partial charge in [-0.2, -0.15) is 5.10 Å². The van der Waals surface area contributed by atoms with E-state index in [0.29, 0.717) is 36.9 Å². The van der Waals surface area contributed by atoms with Crippen molar-refractivity contribution in [1.29, 1.82) is 0 Å². The van der Waals surface area contributed by atoms with Gasteiger partial charge >= 0.3 is 0 Å². The number of anilines is 1. The largest absolute Gasteiger partial charge is 0.378 e. The normalized spacial score (nSPS) is 18.2. The van der Waals surface area contributed by atoms with Gasteiger partial charge in [-0.3, -0.25) is 9.80 Å². The zero-order chi connectivity index (χ0) is 20.6. The predicted octanol–water partition coefficient (Wildman–Crippen LogP) is 2.45. The van der Waals surface area contributed by atoms with Crippen molar-refractivity contribution in [3.05, 3.63) is 58.9 Å². The lowest BCUT2D eigenvalue weighted by Crippen LogP contribution is -2.47. The fourth-order valence-electron chi connectivity index (χ4n) is 3.18. The van der Waals surface area contributed by atoms with Crippen molar-refractivity contribution in [2.45, 2.75) is 11.4 Å². The van der Waals surface area contributed by atoms with Crippen LogP contribution in [0.25, 0.3) is 0 Å². The fraction of sp³-hybridized carbons (Fsp3) is 0.263. The topological polar surface area (TPSA) is 79.3 Å². The second kappa shape index (κ2) is 7.74. The molecule has 10 heteroatoms. The van der Waals surface area contributed by atoms with Gasteiger partial charge in [0.2, 0.25) is 14.9 Å². The molecule has 0 N–H and O–H groups in total. The molecule has 29 heavy (non-hydrogen) atoms. The van der Waals surface area contributed by atoms with Gasteiger partial charge < -0.3 is 9.64 Å². The SMILES string of the molecule is O=C(C1=NN(Cc2ccc(F)cc2)c2cc(Cl)ccc2S1(=O)=O)N1CCOCC1. The number of morpholine rings is 1. The molecule has 4 rings (SSSR count). The number of fused-ring (bicyclic) bond motifs is 1. The maximum atomic E-state index is 13.2. The highest BCUT2D eigenvalue weighted by atomic mass is 35.5. The smallest absolute Gasteiger partial charge is 0.286 e. The number of carbonyl (C=O) groups is 1. The average Bonchev–Trinajstić information content (AvgIpc) is 2.71. The molecule has 2 aliphatic heterocycles. The highest BCUT2D eigenvalue weighted by molar-refractivity contribution is 8.08. The molecule has 0 aromatic heterocycles. The first kappa shape index (κ1) is 19.8. The molecule has 7 nitrogen and oxygen atoms in total. The second-order valence-electron chi connectivity index (χ2n) is 6.61. The van der Waals surface area contributed by atoms with Crippen LogP contribution in [0.4, 0.5) is 10.1 Å². The maximum Gasteiger partial charge on any atom is 0.286 e. The van der Waals surface area contributed by atoms with Gasteiger partial charge in [-0.05, 0) is 35.9 Å². The van der Waals surface area contributed by atoms with Gasteiger partial charge in [-0.15, -0.1) is 0 Å². The molecular weight excluding hydrogens is 421 g/mol. The van der Waals surface area contributed by atoms with E-state index in [2.05, 4.69) is 5.10 Å². The van der Waals surface area contributed by atoms with E-state index in [9.17, 15) is 17.6 Å². The van der Waals surface area contributed by atoms with Gasteiger partial charge in [0.05, 0.1) is 30.3 Å². The van der Waals surface area contributed by atoms with Crippen LogP contribution in [0.15, 0.2) is 52.5 Å². The van der Waals surface area contributed by atoms with E-state index in [1.807, 2.05) is 0 Å². The summed E-state index contributed by atoms with van der Waals surface area (Å²) in [6.07, 6.45) is 0. The highest BCUT2D eigenvalue weighted by Crippen LogP contribution is 2.35. The highest BCUT2D eigenvalue weighted by Gasteiger charge is 2.39. The van der Waals surface area contributed by atoms with Gasteiger partial charge in [-0.25, -0.2) is 12.8 Å². The molecule has 0 spiro atoms. The molecule has 2 aromatic rings. The molecule has 0 radical (unpaired) electrons. The first-order valence-electron chi connectivity index (χ1n) is 8.88. The summed E-state index contributed by atoms with van der Waals surface area (Å²) in [5.74, 6) is -1.05. The Bertz CT molecular complexity index is 1080. The molecule has 1 fully saturated rings. The molecule has 1 amide bonds. The van der Waals surface area contributed by atoms with Crippen molar-refractivity contribution >= 4 is 38.1 Å². The minimum atomic E-state index is -4.12. The minimum absolute atomic E-state index is 0.0457. The van der Waals surface area contributed by atoms with Crippen LogP contribution < -0.4 is 5.01 Å². The Morgan fingerprint density at radius 3 is 2.52 bits per heavy atom. The van der Waals surface area contributed by atoms with Crippen molar-refractivity contribution in [2.75, 3.05) is 31.3 Å². The summed E-state index contributed by atoms with van der Waals surface area (Å²) < 4.78 is 44.7. The number of hydrogen-bond acceptors (Lipinski definition) is 6. The van der Waals surface area contributed by atoms with Crippen molar-refractivity contribution in [3.8, 4) is 0 Å². The van der Waals surface area contributed by atoms with Gasteiger partial charge in [0.25, 0.3) is 5.91 Å². The lowest BCUT2D eigenvalue weighted by atomic mass is 10.2. The van der Waals surface area contributed by atoms with Crippen LogP contribution in [0.2, 0.25) is 5.02 Å². The molecule has 0 unspecified atom stereocenters. The maximum absolute atomic E-state index is 13.2. The van der Waals surface area contributed by atoms with Crippen LogP contribution in [0, 0.1) is 5.82 Å². The molecular formula is C19H17ClFN3O4S. The summed E-state index contributed by atoms with van der Waals surface area (Å²) >= 11 is 6.07.